The van der Waals surface area contributed by atoms with Gasteiger partial charge in [0.2, 0.25) is 10.0 Å². The molecule has 0 saturated carbocycles. The monoisotopic (exact) mass is 294 g/mol. The highest BCUT2D eigenvalue weighted by molar-refractivity contribution is 8.16. The fourth-order valence-electron chi connectivity index (χ4n) is 2.04. The lowest BCUT2D eigenvalue weighted by molar-refractivity contribution is -0.108. The predicted molar refractivity (Wildman–Crippen MR) is 80.6 cm³/mol. The lowest BCUT2D eigenvalue weighted by atomic mass is 9.99. The number of nitrogens with zero attached hydrogens (tertiary/aromatic N) is 2. The van der Waals surface area contributed by atoms with Crippen LogP contribution in [0.15, 0.2) is 40.8 Å². The number of thioether (sulfide) groups is 1. The van der Waals surface area contributed by atoms with Crippen LogP contribution in [0.4, 0.5) is 0 Å². The third-order valence-electron chi connectivity index (χ3n) is 3.14. The number of unbranched alkanes of at least 4 members (excludes halogenated alkanes) is 1. The van der Waals surface area contributed by atoms with Crippen molar-refractivity contribution < 1.29 is 9.90 Å². The topological polar surface area (TPSA) is 87.6 Å². The van der Waals surface area contributed by atoms with E-state index in [0.29, 0.717) is 18.5 Å². The summed E-state index contributed by atoms with van der Waals surface area (Å²) in [5, 5.41) is 13.8. The van der Waals surface area contributed by atoms with E-state index < -0.39 is 4.75 Å². The maximum Gasteiger partial charge on any atom is 0.220 e. The van der Waals surface area contributed by atoms with E-state index in [0.717, 1.165) is 30.2 Å². The molecule has 0 spiro atoms. The number of carbonyl (C=O) groups is 1. The van der Waals surface area contributed by atoms with Crippen LogP contribution in [-0.4, -0.2) is 21.5 Å². The van der Waals surface area contributed by atoms with E-state index in [1.54, 1.807) is 6.08 Å². The summed E-state index contributed by atoms with van der Waals surface area (Å²) in [6.45, 7) is 7.88. The van der Waals surface area contributed by atoms with Crippen molar-refractivity contribution in [3.8, 4) is 0 Å². The lowest BCUT2D eigenvalue weighted by Crippen LogP contribution is -2.17. The molecule has 0 aromatic carbocycles. The van der Waals surface area contributed by atoms with Gasteiger partial charge in [-0.05, 0) is 33.1 Å². The lowest BCUT2D eigenvalue weighted by Gasteiger charge is -2.18. The van der Waals surface area contributed by atoms with Crippen LogP contribution in [0.1, 0.15) is 33.1 Å². The Morgan fingerprint density at radius 3 is 2.90 bits per heavy atom. The normalized spacial score (nSPS) is 22.9. The van der Waals surface area contributed by atoms with Crippen molar-refractivity contribution in [3.63, 3.8) is 0 Å². The fraction of sp³-hybridized carbons (Fsp3) is 0.500. The third kappa shape index (κ3) is 3.92. The predicted octanol–water partition coefficient (Wildman–Crippen LogP) is 3.68. The zero-order chi connectivity index (χ0) is 15.2. The van der Waals surface area contributed by atoms with Gasteiger partial charge in [-0.2, -0.15) is 0 Å². The molecule has 1 aliphatic rings. The molecule has 0 bridgehead atoms. The number of carbonyl (C=O) groups excluding carboxylic acids is 1. The highest BCUT2D eigenvalue weighted by Crippen LogP contribution is 2.45. The van der Waals surface area contributed by atoms with Gasteiger partial charge in [0.25, 0.3) is 0 Å². The van der Waals surface area contributed by atoms with Gasteiger partial charge in [-0.1, -0.05) is 36.1 Å². The Kier molecular flexibility index (Phi) is 5.92. The second-order valence-electron chi connectivity index (χ2n) is 4.84. The Balaban J connectivity index is 2.78. The number of hydrogen-bond donors (Lipinski definition) is 2. The molecule has 1 aliphatic heterocycles. The average molecular weight is 294 g/mol. The van der Waals surface area contributed by atoms with E-state index in [1.165, 1.54) is 0 Å². The smallest absolute Gasteiger partial charge is 0.220 e. The molecule has 0 saturated heterocycles. The molecule has 5 nitrogen and oxygen atoms in total. The Morgan fingerprint density at radius 2 is 2.30 bits per heavy atom. The molecule has 20 heavy (non-hydrogen) atoms. The maximum atomic E-state index is 12.0. The zero-order valence-corrected chi connectivity index (χ0v) is 12.7. The van der Waals surface area contributed by atoms with Gasteiger partial charge in [0.05, 0.1) is 4.75 Å². The first-order chi connectivity index (χ1) is 9.44. The Bertz CT molecular complexity index is 519. The van der Waals surface area contributed by atoms with Crippen LogP contribution in [0, 0.1) is 5.53 Å². The molecule has 0 aromatic heterocycles. The van der Waals surface area contributed by atoms with E-state index >= 15 is 0 Å². The molecule has 0 radical (unpaired) electrons. The van der Waals surface area contributed by atoms with Crippen molar-refractivity contribution in [1.82, 2.24) is 4.91 Å². The van der Waals surface area contributed by atoms with Crippen LogP contribution in [0.3, 0.4) is 0 Å². The third-order valence-corrected chi connectivity index (χ3v) is 4.30. The molecule has 0 aromatic rings. The van der Waals surface area contributed by atoms with Gasteiger partial charge >= 0.3 is 0 Å². The molecule has 2 N–H and O–H groups in total. The van der Waals surface area contributed by atoms with Crippen LogP contribution >= 0.6 is 11.8 Å². The van der Waals surface area contributed by atoms with Crippen molar-refractivity contribution >= 4 is 16.9 Å². The number of aliphatic hydroxyl groups is 1. The van der Waals surface area contributed by atoms with E-state index in [4.69, 9.17) is 5.53 Å². The van der Waals surface area contributed by atoms with Crippen molar-refractivity contribution in [2.24, 2.45) is 5.11 Å². The number of hydrogen-bond acceptors (Lipinski definition) is 5. The van der Waals surface area contributed by atoms with Gasteiger partial charge in [0, 0.05) is 5.57 Å². The number of nitrogens with one attached hydrogen (secondary N) is 1. The largest absolute Gasteiger partial charge is 0.510 e. The minimum atomic E-state index is -0.689. The van der Waals surface area contributed by atoms with Crippen molar-refractivity contribution in [2.45, 2.75) is 37.9 Å². The van der Waals surface area contributed by atoms with Crippen LogP contribution in [0.5, 0.6) is 0 Å². The number of aliphatic hydroxyl groups excluding tert-OH is 1. The molecular formula is C14H20N3O2S+. The fourth-order valence-corrected chi connectivity index (χ4v) is 3.22. The van der Waals surface area contributed by atoms with Gasteiger partial charge in [0.1, 0.15) is 22.9 Å². The van der Waals surface area contributed by atoms with Gasteiger partial charge < -0.3 is 5.11 Å². The molecule has 6 heteroatoms. The van der Waals surface area contributed by atoms with Gasteiger partial charge in [0.15, 0.2) is 0 Å². The molecular weight excluding hydrogens is 274 g/mol. The zero-order valence-electron chi connectivity index (χ0n) is 11.8. The molecule has 108 valence electrons. The van der Waals surface area contributed by atoms with Gasteiger partial charge in [-0.15, -0.1) is 0 Å². The summed E-state index contributed by atoms with van der Waals surface area (Å²) < 4.78 is -0.689. The highest BCUT2D eigenvalue weighted by atomic mass is 32.2. The summed E-state index contributed by atoms with van der Waals surface area (Å²) in [6, 6.07) is 0. The van der Waals surface area contributed by atoms with Crippen LogP contribution < -0.4 is 4.91 Å². The maximum absolute atomic E-state index is 12.0. The van der Waals surface area contributed by atoms with E-state index in [-0.39, 0.29) is 10.9 Å². The molecule has 0 fully saturated rings. The number of rotatable bonds is 7. The molecule has 0 unspecified atom stereocenters. The Morgan fingerprint density at radius 1 is 1.60 bits per heavy atom. The van der Waals surface area contributed by atoms with Crippen LogP contribution in [-0.2, 0) is 4.79 Å². The average Bonchev–Trinajstić information content (AvgIpc) is 2.61. The minimum absolute atomic E-state index is 0.0692. The Labute approximate surface area is 123 Å². The minimum Gasteiger partial charge on any atom is -0.510 e. The molecule has 1 rings (SSSR count). The van der Waals surface area contributed by atoms with Gasteiger partial charge in [-0.25, -0.2) is 0 Å². The SMILES string of the molecule is C=C/C(C)=C/[C@@]1(C)SC(=O)C(CCCCN=[N+]=N)=C1O. The molecule has 0 aliphatic carbocycles. The second kappa shape index (κ2) is 7.22. The standard InChI is InChI=1S/C14H19N3O2S/c1-4-10(2)9-14(3)12(18)11(13(19)20-14)7-5-6-8-16-17-15/h4,9,15H,1,5-8H2,2-3H3/p+1/b10-9+/t14-/m1/s1. The first-order valence-corrected chi connectivity index (χ1v) is 7.27. The molecule has 0 amide bonds. The summed E-state index contributed by atoms with van der Waals surface area (Å²) >= 11 is 1.14. The van der Waals surface area contributed by atoms with Crippen LogP contribution in [0.2, 0.25) is 0 Å². The van der Waals surface area contributed by atoms with Crippen LogP contribution in [0.25, 0.3) is 0 Å². The number of allylic oxidation sites excluding steroid dienone is 2. The summed E-state index contributed by atoms with van der Waals surface area (Å²) in [4.78, 5) is 14.9. The summed E-state index contributed by atoms with van der Waals surface area (Å²) in [5.74, 6) is 0.149. The summed E-state index contributed by atoms with van der Waals surface area (Å²) in [7, 11) is 0. The van der Waals surface area contributed by atoms with Gasteiger partial charge in [-0.3, -0.25) is 4.79 Å². The van der Waals surface area contributed by atoms with Crippen molar-refractivity contribution in [1.29, 1.82) is 5.53 Å². The highest BCUT2D eigenvalue weighted by Gasteiger charge is 2.41. The van der Waals surface area contributed by atoms with E-state index in [1.807, 2.05) is 19.9 Å². The summed E-state index contributed by atoms with van der Waals surface area (Å²) in [6.07, 6.45) is 5.58. The van der Waals surface area contributed by atoms with E-state index in [2.05, 4.69) is 16.6 Å². The summed E-state index contributed by atoms with van der Waals surface area (Å²) in [5.41, 5.74) is 7.96. The molecule has 1 atom stereocenters. The first kappa shape index (κ1) is 16.4. The quantitative estimate of drug-likeness (QED) is 0.325. The first-order valence-electron chi connectivity index (χ1n) is 6.45. The van der Waals surface area contributed by atoms with Crippen molar-refractivity contribution in [3.05, 3.63) is 35.6 Å². The Hall–Kier alpha value is -1.65. The second-order valence-corrected chi connectivity index (χ2v) is 6.26. The molecule has 1 heterocycles. The van der Waals surface area contributed by atoms with Crippen molar-refractivity contribution in [2.75, 3.05) is 6.54 Å². The van der Waals surface area contributed by atoms with E-state index in [9.17, 15) is 9.90 Å².